The summed E-state index contributed by atoms with van der Waals surface area (Å²) in [6.45, 7) is 3.66. The molecule has 0 aliphatic carbocycles. The maximum atomic E-state index is 11.9. The van der Waals surface area contributed by atoms with Crippen molar-refractivity contribution in [3.05, 3.63) is 0 Å². The zero-order valence-corrected chi connectivity index (χ0v) is 15.2. The van der Waals surface area contributed by atoms with Gasteiger partial charge in [0.25, 0.3) is 0 Å². The van der Waals surface area contributed by atoms with Crippen LogP contribution in [0.3, 0.4) is 0 Å². The van der Waals surface area contributed by atoms with E-state index in [1.165, 1.54) is 0 Å². The summed E-state index contributed by atoms with van der Waals surface area (Å²) in [7, 11) is 0. The van der Waals surface area contributed by atoms with E-state index in [1.54, 1.807) is 6.92 Å². The average Bonchev–Trinajstić information content (AvgIpc) is 3.16. The maximum Gasteiger partial charge on any atom is 0.356 e. The molecule has 8 heteroatoms. The van der Waals surface area contributed by atoms with Gasteiger partial charge in [-0.1, -0.05) is 5.16 Å². The Kier molecular flexibility index (Phi) is 5.18. The molecule has 0 aromatic rings. The molecule has 4 rings (SSSR count). The molecule has 0 aromatic carbocycles. The van der Waals surface area contributed by atoms with Crippen molar-refractivity contribution in [2.75, 3.05) is 26.4 Å². The number of rotatable bonds is 3. The van der Waals surface area contributed by atoms with E-state index < -0.39 is 23.6 Å². The zero-order valence-electron chi connectivity index (χ0n) is 15.2. The molecule has 3 fully saturated rings. The topological polar surface area (TPSA) is 84.8 Å². The Labute approximate surface area is 153 Å². The Morgan fingerprint density at radius 1 is 1.08 bits per heavy atom. The highest BCUT2D eigenvalue weighted by molar-refractivity contribution is 6.36. The van der Waals surface area contributed by atoms with Crippen LogP contribution in [0.2, 0.25) is 0 Å². The molecule has 2 spiro atoms. The fraction of sp³-hybridized carbons (Fsp3) is 0.889. The quantitative estimate of drug-likeness (QED) is 0.703. The van der Waals surface area contributed by atoms with E-state index in [0.717, 1.165) is 38.5 Å². The molecule has 26 heavy (non-hydrogen) atoms. The number of esters is 1. The van der Waals surface area contributed by atoms with E-state index >= 15 is 0 Å². The number of oxime groups is 1. The summed E-state index contributed by atoms with van der Waals surface area (Å²) in [4.78, 5) is 17.3. The largest absolute Gasteiger partial charge is 0.461 e. The molecule has 0 aromatic heterocycles. The minimum Gasteiger partial charge on any atom is -0.461 e. The lowest BCUT2D eigenvalue weighted by Crippen LogP contribution is -2.69. The van der Waals surface area contributed by atoms with Crippen molar-refractivity contribution in [3.63, 3.8) is 0 Å². The second-order valence-electron chi connectivity index (χ2n) is 7.19. The Morgan fingerprint density at radius 2 is 1.81 bits per heavy atom. The van der Waals surface area contributed by atoms with E-state index in [4.69, 9.17) is 28.5 Å². The van der Waals surface area contributed by atoms with Crippen molar-refractivity contribution in [1.29, 1.82) is 0 Å². The van der Waals surface area contributed by atoms with E-state index in [1.807, 2.05) is 0 Å². The van der Waals surface area contributed by atoms with Gasteiger partial charge in [0.15, 0.2) is 11.8 Å². The molecule has 3 saturated heterocycles. The first-order chi connectivity index (χ1) is 12.7. The van der Waals surface area contributed by atoms with Crippen LogP contribution in [0.1, 0.15) is 51.9 Å². The Balaban J connectivity index is 1.47. The summed E-state index contributed by atoms with van der Waals surface area (Å²) in [5.41, 5.74) is 0.285. The summed E-state index contributed by atoms with van der Waals surface area (Å²) in [5, 5.41) is 3.88. The lowest BCUT2D eigenvalue weighted by molar-refractivity contribution is -0.471. The van der Waals surface area contributed by atoms with Crippen LogP contribution < -0.4 is 0 Å². The van der Waals surface area contributed by atoms with Gasteiger partial charge in [-0.25, -0.2) is 4.79 Å². The van der Waals surface area contributed by atoms with Crippen molar-refractivity contribution >= 4 is 11.7 Å². The molecule has 0 saturated carbocycles. The first kappa shape index (κ1) is 18.2. The molecule has 0 radical (unpaired) electrons. The minimum atomic E-state index is -0.912. The molecule has 146 valence electrons. The van der Waals surface area contributed by atoms with E-state index in [9.17, 15) is 4.79 Å². The van der Waals surface area contributed by atoms with Crippen LogP contribution in [0.25, 0.3) is 0 Å². The normalized spacial score (nSPS) is 40.3. The second-order valence-corrected chi connectivity index (χ2v) is 7.19. The summed E-state index contributed by atoms with van der Waals surface area (Å²) >= 11 is 0. The third-order valence-corrected chi connectivity index (χ3v) is 5.49. The maximum absolute atomic E-state index is 11.9. The summed E-state index contributed by atoms with van der Waals surface area (Å²) in [6, 6.07) is 0. The van der Waals surface area contributed by atoms with Gasteiger partial charge < -0.3 is 28.5 Å². The molecule has 4 aliphatic rings. The Bertz CT molecular complexity index is 552. The van der Waals surface area contributed by atoms with Gasteiger partial charge in [-0.2, -0.15) is 0 Å². The van der Waals surface area contributed by atoms with Gasteiger partial charge in [0, 0.05) is 19.3 Å². The Hall–Kier alpha value is -1.22. The number of carbonyl (C=O) groups excluding carboxylic acids is 1. The lowest BCUT2D eigenvalue weighted by atomic mass is 9.88. The molecule has 4 heterocycles. The zero-order chi connectivity index (χ0) is 18.0. The Morgan fingerprint density at radius 3 is 2.46 bits per heavy atom. The van der Waals surface area contributed by atoms with Gasteiger partial charge in [0.1, 0.15) is 6.10 Å². The van der Waals surface area contributed by atoms with E-state index in [0.29, 0.717) is 32.8 Å². The number of hydrogen-bond acceptors (Lipinski definition) is 8. The molecule has 0 N–H and O–H groups in total. The van der Waals surface area contributed by atoms with Crippen LogP contribution in [0.15, 0.2) is 5.16 Å². The highest BCUT2D eigenvalue weighted by Crippen LogP contribution is 2.48. The number of hydrogen-bond donors (Lipinski definition) is 0. The summed E-state index contributed by atoms with van der Waals surface area (Å²) in [5.74, 6) is -2.20. The van der Waals surface area contributed by atoms with Crippen molar-refractivity contribution in [3.8, 4) is 0 Å². The minimum absolute atomic E-state index is 0.285. The van der Waals surface area contributed by atoms with Crippen molar-refractivity contribution in [1.82, 2.24) is 0 Å². The molecule has 8 nitrogen and oxygen atoms in total. The molecular weight excluding hydrogens is 342 g/mol. The summed E-state index contributed by atoms with van der Waals surface area (Å²) in [6.07, 6.45) is 5.10. The molecule has 0 unspecified atom stereocenters. The first-order valence-corrected chi connectivity index (χ1v) is 9.67. The number of nitrogens with zero attached hydrogens (tertiary/aromatic N) is 1. The van der Waals surface area contributed by atoms with Crippen molar-refractivity contribution < 1.29 is 33.3 Å². The molecule has 4 atom stereocenters. The fourth-order valence-electron chi connectivity index (χ4n) is 4.15. The van der Waals surface area contributed by atoms with Crippen LogP contribution in [0.4, 0.5) is 0 Å². The van der Waals surface area contributed by atoms with E-state index in [2.05, 4.69) is 5.16 Å². The van der Waals surface area contributed by atoms with Crippen LogP contribution in [-0.2, 0) is 33.3 Å². The lowest BCUT2D eigenvalue weighted by Gasteiger charge is -2.56. The van der Waals surface area contributed by atoms with Gasteiger partial charge in [-0.05, 0) is 32.6 Å². The van der Waals surface area contributed by atoms with Crippen LogP contribution in [0, 0.1) is 0 Å². The number of fused-ring (bicyclic) bond motifs is 1. The van der Waals surface area contributed by atoms with Gasteiger partial charge >= 0.3 is 5.97 Å². The van der Waals surface area contributed by atoms with Crippen LogP contribution in [0.5, 0.6) is 0 Å². The van der Waals surface area contributed by atoms with Gasteiger partial charge in [-0.3, -0.25) is 0 Å². The van der Waals surface area contributed by atoms with Gasteiger partial charge in [-0.15, -0.1) is 0 Å². The highest BCUT2D eigenvalue weighted by atomic mass is 16.8. The SMILES string of the molecule is CCOC(=O)C1=NO[C@H]([C@H]2CO[C@]3(CCCCO3)[C@@]3(CCCCO3)O2)C1. The number of carbonyl (C=O) groups is 1. The van der Waals surface area contributed by atoms with Crippen molar-refractivity contribution in [2.45, 2.75) is 75.7 Å². The predicted molar refractivity (Wildman–Crippen MR) is 89.5 cm³/mol. The fourth-order valence-corrected chi connectivity index (χ4v) is 4.15. The third kappa shape index (κ3) is 3.13. The molecule has 0 amide bonds. The monoisotopic (exact) mass is 369 g/mol. The van der Waals surface area contributed by atoms with Crippen molar-refractivity contribution in [2.24, 2.45) is 5.16 Å². The molecule has 0 bridgehead atoms. The first-order valence-electron chi connectivity index (χ1n) is 9.67. The highest BCUT2D eigenvalue weighted by Gasteiger charge is 2.62. The van der Waals surface area contributed by atoms with Crippen LogP contribution in [-0.4, -0.2) is 61.9 Å². The van der Waals surface area contributed by atoms with Gasteiger partial charge in [0.2, 0.25) is 11.6 Å². The average molecular weight is 369 g/mol. The number of ether oxygens (including phenoxy) is 5. The standard InChI is InChI=1S/C18H27NO7/c1-2-21-16(20)13-11-14(26-19-13)15-12-24-17(7-3-5-9-22-17)18(25-15)8-4-6-10-23-18/h14-15H,2-12H2,1H3/t14-,15+,17+,18+/m0/s1. The predicted octanol–water partition coefficient (Wildman–Crippen LogP) is 1.90. The third-order valence-electron chi connectivity index (χ3n) is 5.49. The molecule has 4 aliphatic heterocycles. The van der Waals surface area contributed by atoms with E-state index in [-0.39, 0.29) is 11.8 Å². The second kappa shape index (κ2) is 7.42. The molecular formula is C18H27NO7. The summed E-state index contributed by atoms with van der Waals surface area (Å²) < 4.78 is 29.9. The van der Waals surface area contributed by atoms with Gasteiger partial charge in [0.05, 0.1) is 26.4 Å². The smallest absolute Gasteiger partial charge is 0.356 e. The van der Waals surface area contributed by atoms with Crippen LogP contribution >= 0.6 is 0 Å².